The Hall–Kier alpha value is -1.21. The van der Waals surface area contributed by atoms with Crippen molar-refractivity contribution in [3.05, 3.63) is 15.8 Å². The number of esters is 1. The van der Waals surface area contributed by atoms with E-state index in [2.05, 4.69) is 27.7 Å². The third-order valence-electron chi connectivity index (χ3n) is 7.94. The Morgan fingerprint density at radius 3 is 2.25 bits per heavy atom. The summed E-state index contributed by atoms with van der Waals surface area (Å²) in [5, 5.41) is 9.85. The summed E-state index contributed by atoms with van der Waals surface area (Å²) in [6.07, 6.45) is 5.24. The minimum atomic E-state index is -3.23. The minimum Gasteiger partial charge on any atom is -0.465 e. The van der Waals surface area contributed by atoms with E-state index in [1.165, 1.54) is 25.1 Å². The lowest BCUT2D eigenvalue weighted by Gasteiger charge is -2.43. The van der Waals surface area contributed by atoms with Crippen molar-refractivity contribution in [3.63, 3.8) is 0 Å². The van der Waals surface area contributed by atoms with Gasteiger partial charge < -0.3 is 19.3 Å². The molecule has 0 bridgehead atoms. The van der Waals surface area contributed by atoms with Crippen LogP contribution in [0, 0.1) is 11.8 Å². The van der Waals surface area contributed by atoms with Gasteiger partial charge in [0.2, 0.25) is 13.3 Å². The predicted molar refractivity (Wildman–Crippen MR) is 145 cm³/mol. The van der Waals surface area contributed by atoms with Crippen molar-refractivity contribution >= 4 is 36.3 Å². The molecule has 36 heavy (non-hydrogen) atoms. The highest BCUT2D eigenvalue weighted by Gasteiger charge is 2.49. The number of aliphatic hydroxyl groups is 1. The molecule has 3 rings (SSSR count). The molecular formula is C27H44NO6PS. The fraction of sp³-hybridized carbons (Fsp3) is 0.778. The average Bonchev–Trinajstić information content (AvgIpc) is 3.26. The molecule has 7 nitrogen and oxygen atoms in total. The third-order valence-corrected chi connectivity index (χ3v) is 12.2. The van der Waals surface area contributed by atoms with Crippen molar-refractivity contribution in [3.8, 4) is 0 Å². The largest absolute Gasteiger partial charge is 0.465 e. The van der Waals surface area contributed by atoms with Crippen LogP contribution < -0.4 is 4.90 Å². The van der Waals surface area contributed by atoms with Crippen LogP contribution in [0.5, 0.6) is 0 Å². The van der Waals surface area contributed by atoms with Crippen LogP contribution in [0.15, 0.2) is 6.07 Å². The van der Waals surface area contributed by atoms with Gasteiger partial charge in [-0.05, 0) is 75.7 Å². The van der Waals surface area contributed by atoms with Crippen LogP contribution in [0.2, 0.25) is 0 Å². The molecule has 1 aromatic rings. The van der Waals surface area contributed by atoms with E-state index in [9.17, 15) is 19.3 Å². The zero-order valence-corrected chi connectivity index (χ0v) is 24.7. The van der Waals surface area contributed by atoms with E-state index in [1.807, 2.05) is 11.0 Å². The van der Waals surface area contributed by atoms with E-state index in [0.717, 1.165) is 30.6 Å². The Labute approximate surface area is 220 Å². The van der Waals surface area contributed by atoms with Crippen LogP contribution >= 0.6 is 18.7 Å². The molecule has 2 fully saturated rings. The van der Waals surface area contributed by atoms with Gasteiger partial charge in [0.15, 0.2) is 0 Å². The van der Waals surface area contributed by atoms with Gasteiger partial charge >= 0.3 is 5.97 Å². The first kappa shape index (κ1) is 29.3. The fourth-order valence-electron chi connectivity index (χ4n) is 5.46. The van der Waals surface area contributed by atoms with Crippen molar-refractivity contribution in [2.75, 3.05) is 25.3 Å². The topological polar surface area (TPSA) is 93.1 Å². The first-order valence-electron chi connectivity index (χ1n) is 13.2. The maximum Gasteiger partial charge on any atom is 0.350 e. The van der Waals surface area contributed by atoms with Crippen LogP contribution in [0.25, 0.3) is 0 Å². The standard InChI is InChI=1S/C27H44NO6PS/c1-8-34-35(7,32)27(31)15-13-20(14-16-27)28(24(29)19-11-9-18(2)10-12-19)21-17-22(26(3,4)5)36-23(21)25(30)33-6/h17-20,31H,8-16H2,1-7H3. The van der Waals surface area contributed by atoms with Crippen molar-refractivity contribution < 1.29 is 28.5 Å². The molecule has 0 saturated heterocycles. The Morgan fingerprint density at radius 1 is 1.17 bits per heavy atom. The average molecular weight is 542 g/mol. The quantitative estimate of drug-likeness (QED) is 0.310. The van der Waals surface area contributed by atoms with Gasteiger partial charge in [0.05, 0.1) is 19.4 Å². The van der Waals surface area contributed by atoms with Gasteiger partial charge in [-0.15, -0.1) is 11.3 Å². The molecule has 0 spiro atoms. The molecule has 2 aliphatic rings. The van der Waals surface area contributed by atoms with Gasteiger partial charge in [-0.3, -0.25) is 9.36 Å². The second kappa shape index (κ2) is 11.3. The molecule has 1 unspecified atom stereocenters. The van der Waals surface area contributed by atoms with E-state index in [-0.39, 0.29) is 42.7 Å². The Bertz CT molecular complexity index is 983. The molecule has 2 aliphatic carbocycles. The number of ether oxygens (including phenoxy) is 1. The van der Waals surface area contributed by atoms with E-state index >= 15 is 0 Å². The maximum atomic E-state index is 14.1. The Morgan fingerprint density at radius 2 is 1.75 bits per heavy atom. The second-order valence-corrected chi connectivity index (χ2v) is 15.5. The first-order valence-corrected chi connectivity index (χ1v) is 16.1. The minimum absolute atomic E-state index is 0.0465. The zero-order valence-electron chi connectivity index (χ0n) is 23.0. The van der Waals surface area contributed by atoms with Crippen LogP contribution in [0.4, 0.5) is 5.69 Å². The molecule has 1 amide bonds. The lowest BCUT2D eigenvalue weighted by molar-refractivity contribution is -0.124. The number of hydrogen-bond acceptors (Lipinski definition) is 7. The molecule has 1 N–H and O–H groups in total. The molecule has 2 saturated carbocycles. The fourth-order valence-corrected chi connectivity index (χ4v) is 8.39. The highest BCUT2D eigenvalue weighted by molar-refractivity contribution is 7.59. The number of amides is 1. The van der Waals surface area contributed by atoms with E-state index in [0.29, 0.717) is 29.3 Å². The molecule has 1 aromatic heterocycles. The molecule has 0 aliphatic heterocycles. The lowest BCUT2D eigenvalue weighted by atomic mass is 9.81. The molecule has 9 heteroatoms. The number of methoxy groups -OCH3 is 1. The van der Waals surface area contributed by atoms with Crippen LogP contribution in [0.3, 0.4) is 0 Å². The normalized spacial score (nSPS) is 28.8. The van der Waals surface area contributed by atoms with Gasteiger partial charge in [0, 0.05) is 23.5 Å². The first-order chi connectivity index (χ1) is 16.7. The SMILES string of the molecule is CCOP(C)(=O)C1(O)CCC(N(C(=O)C2CCC(C)CC2)c2cc(C(C)(C)C)sc2C(=O)OC)CC1. The lowest BCUT2D eigenvalue weighted by Crippen LogP contribution is -2.49. The van der Waals surface area contributed by atoms with Gasteiger partial charge in [0.25, 0.3) is 0 Å². The van der Waals surface area contributed by atoms with Gasteiger partial charge in [-0.2, -0.15) is 0 Å². The van der Waals surface area contributed by atoms with Crippen molar-refractivity contribution in [2.24, 2.45) is 11.8 Å². The number of anilines is 1. The predicted octanol–water partition coefficient (Wildman–Crippen LogP) is 6.57. The number of thiophene rings is 1. The summed E-state index contributed by atoms with van der Waals surface area (Å²) < 4.78 is 23.7. The third kappa shape index (κ3) is 6.09. The van der Waals surface area contributed by atoms with Crippen molar-refractivity contribution in [1.29, 1.82) is 0 Å². The monoisotopic (exact) mass is 541 g/mol. The molecule has 0 aromatic carbocycles. The van der Waals surface area contributed by atoms with E-state index in [4.69, 9.17) is 9.26 Å². The summed E-state index contributed by atoms with van der Waals surface area (Å²) >= 11 is 1.38. The van der Waals surface area contributed by atoms with E-state index < -0.39 is 18.7 Å². The number of carbonyl (C=O) groups is 2. The molecular weight excluding hydrogens is 497 g/mol. The summed E-state index contributed by atoms with van der Waals surface area (Å²) in [6, 6.07) is 1.77. The number of nitrogens with zero attached hydrogens (tertiary/aromatic N) is 1. The maximum absolute atomic E-state index is 14.1. The highest BCUT2D eigenvalue weighted by Crippen LogP contribution is 2.60. The number of hydrogen-bond donors (Lipinski definition) is 1. The van der Waals surface area contributed by atoms with Gasteiger partial charge in [-0.25, -0.2) is 4.79 Å². The molecule has 1 atom stereocenters. The van der Waals surface area contributed by atoms with Crippen LogP contribution in [0.1, 0.15) is 101 Å². The molecule has 1 heterocycles. The summed E-state index contributed by atoms with van der Waals surface area (Å²) in [5.41, 5.74) is 0.417. The molecule has 204 valence electrons. The van der Waals surface area contributed by atoms with Crippen molar-refractivity contribution in [1.82, 2.24) is 0 Å². The van der Waals surface area contributed by atoms with Crippen LogP contribution in [-0.2, 0) is 24.0 Å². The summed E-state index contributed by atoms with van der Waals surface area (Å²) in [7, 11) is -1.87. The second-order valence-electron chi connectivity index (χ2n) is 11.7. The van der Waals surface area contributed by atoms with Crippen LogP contribution in [-0.4, -0.2) is 48.7 Å². The number of rotatable bonds is 7. The molecule has 0 radical (unpaired) electrons. The number of carbonyl (C=O) groups excluding carboxylic acids is 2. The van der Waals surface area contributed by atoms with Gasteiger partial charge in [0.1, 0.15) is 10.2 Å². The zero-order chi connectivity index (χ0) is 26.9. The summed E-state index contributed by atoms with van der Waals surface area (Å²) in [6.45, 7) is 12.0. The Kier molecular flexibility index (Phi) is 9.18. The Balaban J connectivity index is 2.01. The summed E-state index contributed by atoms with van der Waals surface area (Å²) in [5.74, 6) is 0.127. The summed E-state index contributed by atoms with van der Waals surface area (Å²) in [4.78, 5) is 30.3. The van der Waals surface area contributed by atoms with E-state index in [1.54, 1.807) is 6.92 Å². The van der Waals surface area contributed by atoms with Crippen molar-refractivity contribution in [2.45, 2.75) is 103 Å². The smallest absolute Gasteiger partial charge is 0.350 e. The van der Waals surface area contributed by atoms with Gasteiger partial charge in [-0.1, -0.05) is 27.7 Å². The highest BCUT2D eigenvalue weighted by atomic mass is 32.1.